The van der Waals surface area contributed by atoms with Crippen molar-refractivity contribution in [2.24, 2.45) is 0 Å². The van der Waals surface area contributed by atoms with E-state index >= 15 is 0 Å². The molecule has 0 bridgehead atoms. The van der Waals surface area contributed by atoms with Crippen molar-refractivity contribution in [3.05, 3.63) is 205 Å². The fourth-order valence-electron chi connectivity index (χ4n) is 6.80. The summed E-state index contributed by atoms with van der Waals surface area (Å²) in [6.45, 7) is 0. The zero-order valence-corrected chi connectivity index (χ0v) is 42.8. The first-order valence-corrected chi connectivity index (χ1v) is 24.2. The molecule has 0 spiro atoms. The molecule has 5 aromatic carbocycles. The van der Waals surface area contributed by atoms with Gasteiger partial charge in [0, 0.05) is 26.7 Å². The number of carbonyl (C=O) groups excluding carboxylic acids is 7. The number of nitrogens with zero attached hydrogens (tertiary/aromatic N) is 1. The standard InChI is InChI=1S/C18H13IN2O4.C17H11IN2O4.C14H9IN2O2S/c1-25-18(24)12-4-2-10(3-5-12)14(11-6-8-13(19)9-7-11)15-16(22)20-21-17(15)23;18-12-7-5-10(6-8-12)13(14-15(21)19-20-16(14)22)9-1-3-11(4-2-9)17(23)24;15-9-3-5-10(6-4-9)17-14(19)12(13(18)16-17)8-11-2-1-7-20-11/h2-9H,1H3,(H,20,22)(H,21,23);1-8H,(H,19,21)(H,20,22)(H,23,24);1-8H,(H,16,18). The van der Waals surface area contributed by atoms with Gasteiger partial charge in [-0.15, -0.1) is 11.3 Å². The molecule has 3 aliphatic heterocycles. The average Bonchev–Trinajstić information content (AvgIpc) is 4.14. The number of esters is 1. The van der Waals surface area contributed by atoms with Crippen LogP contribution in [-0.4, -0.2) is 59.6 Å². The van der Waals surface area contributed by atoms with Crippen molar-refractivity contribution in [3.8, 4) is 0 Å². The first-order chi connectivity index (χ1) is 33.1. The van der Waals surface area contributed by atoms with Crippen LogP contribution in [0.5, 0.6) is 0 Å². The molecule has 1 aromatic heterocycles. The predicted octanol–water partition coefficient (Wildman–Crippen LogP) is 6.81. The molecule has 0 aliphatic carbocycles. The van der Waals surface area contributed by atoms with Crippen LogP contribution in [0.4, 0.5) is 5.69 Å². The quantitative estimate of drug-likeness (QED) is 0.0404. The van der Waals surface area contributed by atoms with Crippen LogP contribution in [0.25, 0.3) is 17.2 Å². The lowest BCUT2D eigenvalue weighted by Crippen LogP contribution is -2.35. The number of carboxylic acids is 1. The molecule has 0 atom stereocenters. The van der Waals surface area contributed by atoms with Crippen LogP contribution in [0.2, 0.25) is 0 Å². The van der Waals surface area contributed by atoms with Crippen LogP contribution < -0.4 is 32.1 Å². The molecule has 3 aliphatic rings. The van der Waals surface area contributed by atoms with Crippen molar-refractivity contribution in [3.63, 3.8) is 0 Å². The minimum Gasteiger partial charge on any atom is -0.478 e. The maximum absolute atomic E-state index is 12.3. The third-order valence-electron chi connectivity index (χ3n) is 10.1. The minimum atomic E-state index is -1.04. The minimum absolute atomic E-state index is 0.000664. The molecule has 20 heteroatoms. The first kappa shape index (κ1) is 49.9. The first-order valence-electron chi connectivity index (χ1n) is 20.0. The Morgan fingerprint density at radius 2 is 0.913 bits per heavy atom. The molecule has 0 radical (unpaired) electrons. The van der Waals surface area contributed by atoms with Gasteiger partial charge in [0.05, 0.1) is 23.9 Å². The Bertz CT molecular complexity index is 3080. The smallest absolute Gasteiger partial charge is 0.337 e. The van der Waals surface area contributed by atoms with Crippen LogP contribution in [-0.2, 0) is 33.5 Å². The summed E-state index contributed by atoms with van der Waals surface area (Å²) in [6, 6.07) is 38.6. The van der Waals surface area contributed by atoms with Crippen molar-refractivity contribution in [1.29, 1.82) is 0 Å². The van der Waals surface area contributed by atoms with Gasteiger partial charge in [0.2, 0.25) is 0 Å². The molecule has 6 aromatic rings. The molecule has 6 amide bonds. The van der Waals surface area contributed by atoms with E-state index in [1.165, 1.54) is 35.6 Å². The lowest BCUT2D eigenvalue weighted by atomic mass is 9.92. The van der Waals surface area contributed by atoms with Crippen LogP contribution >= 0.6 is 79.1 Å². The second-order valence-corrected chi connectivity index (χ2v) is 19.1. The van der Waals surface area contributed by atoms with E-state index in [9.17, 15) is 38.4 Å². The number of carbonyl (C=O) groups is 8. The van der Waals surface area contributed by atoms with E-state index in [2.05, 4.69) is 99.6 Å². The number of methoxy groups -OCH3 is 1. The van der Waals surface area contributed by atoms with Crippen molar-refractivity contribution in [2.75, 3.05) is 12.1 Å². The predicted molar refractivity (Wildman–Crippen MR) is 281 cm³/mol. The Morgan fingerprint density at radius 1 is 0.536 bits per heavy atom. The van der Waals surface area contributed by atoms with Gasteiger partial charge in [0.1, 0.15) is 16.7 Å². The fourth-order valence-corrected chi connectivity index (χ4v) is 8.53. The van der Waals surface area contributed by atoms with E-state index in [1.807, 2.05) is 78.2 Å². The topological polar surface area (TPSA) is 229 Å². The number of nitrogens with one attached hydrogen (secondary N) is 5. The van der Waals surface area contributed by atoms with E-state index in [0.717, 1.165) is 21.2 Å². The second kappa shape index (κ2) is 22.4. The zero-order chi connectivity index (χ0) is 49.4. The SMILES string of the molecule is COC(=O)c1ccc(C(=C2C(=O)NNC2=O)c2ccc(I)cc2)cc1.O=C1NN(c2ccc(I)cc2)C(=O)C1=Cc1cccs1.O=C1NNC(=O)C1=C(c1ccc(I)cc1)c1ccc(C(=O)O)cc1. The number of ether oxygens (including phenoxy) is 1. The van der Waals surface area contributed by atoms with Gasteiger partial charge in [-0.2, -0.15) is 0 Å². The van der Waals surface area contributed by atoms with Gasteiger partial charge in [-0.1, -0.05) is 54.6 Å². The van der Waals surface area contributed by atoms with E-state index < -0.39 is 35.6 Å². The van der Waals surface area contributed by atoms with E-state index in [4.69, 9.17) is 5.11 Å². The molecule has 16 nitrogen and oxygen atoms in total. The molecule has 9 rings (SSSR count). The summed E-state index contributed by atoms with van der Waals surface area (Å²) < 4.78 is 7.81. The van der Waals surface area contributed by atoms with Gasteiger partial charge in [-0.25, -0.2) is 14.6 Å². The molecule has 0 unspecified atom stereocenters. The summed E-state index contributed by atoms with van der Waals surface area (Å²) in [7, 11) is 1.31. The number of benzene rings is 5. The van der Waals surface area contributed by atoms with Gasteiger partial charge in [0.15, 0.2) is 0 Å². The third kappa shape index (κ3) is 11.8. The number of hydrogen-bond donors (Lipinski definition) is 6. The number of thiophene rings is 1. The van der Waals surface area contributed by atoms with Crippen LogP contribution in [0.3, 0.4) is 0 Å². The monoisotopic (exact) mass is 1280 g/mol. The number of halogens is 3. The van der Waals surface area contributed by atoms with Gasteiger partial charge < -0.3 is 9.84 Å². The summed E-state index contributed by atoms with van der Waals surface area (Å²) in [4.78, 5) is 96.1. The van der Waals surface area contributed by atoms with Crippen molar-refractivity contribution in [2.45, 2.75) is 0 Å². The normalized spacial score (nSPS) is 14.4. The number of hydrogen-bond acceptors (Lipinski definition) is 10. The Kier molecular flexibility index (Phi) is 16.2. The van der Waals surface area contributed by atoms with Crippen LogP contribution in [0, 0.1) is 10.7 Å². The van der Waals surface area contributed by atoms with Crippen molar-refractivity contribution >= 4 is 149 Å². The van der Waals surface area contributed by atoms with E-state index in [0.29, 0.717) is 39.1 Å². The molecule has 3 saturated heterocycles. The molecule has 4 heterocycles. The molecular formula is C49H33I3N6O10S. The molecule has 69 heavy (non-hydrogen) atoms. The largest absolute Gasteiger partial charge is 0.478 e. The average molecular weight is 1280 g/mol. The Hall–Kier alpha value is -7.03. The highest BCUT2D eigenvalue weighted by molar-refractivity contribution is 14.1. The van der Waals surface area contributed by atoms with Crippen molar-refractivity contribution in [1.82, 2.24) is 27.1 Å². The van der Waals surface area contributed by atoms with Crippen molar-refractivity contribution < 1.29 is 48.2 Å². The zero-order valence-electron chi connectivity index (χ0n) is 35.5. The van der Waals surface area contributed by atoms with E-state index in [-0.39, 0.29) is 34.1 Å². The van der Waals surface area contributed by atoms with E-state index in [1.54, 1.807) is 54.6 Å². The molecule has 6 N–H and O–H groups in total. The Morgan fingerprint density at radius 3 is 1.29 bits per heavy atom. The highest BCUT2D eigenvalue weighted by atomic mass is 127. The third-order valence-corrected chi connectivity index (χ3v) is 13.1. The lowest BCUT2D eigenvalue weighted by molar-refractivity contribution is -0.118. The van der Waals surface area contributed by atoms with Gasteiger partial charge in [0.25, 0.3) is 35.4 Å². The number of amides is 6. The highest BCUT2D eigenvalue weighted by Gasteiger charge is 2.35. The number of anilines is 1. The number of hydrazine groups is 3. The Labute approximate surface area is 437 Å². The van der Waals surface area contributed by atoms with Gasteiger partial charge in [-0.05, 0) is 180 Å². The number of aromatic carboxylic acids is 1. The highest BCUT2D eigenvalue weighted by Crippen LogP contribution is 2.31. The van der Waals surface area contributed by atoms with Crippen LogP contribution in [0.1, 0.15) is 47.8 Å². The molecule has 346 valence electrons. The Balaban J connectivity index is 0.000000154. The van der Waals surface area contributed by atoms with Gasteiger partial charge in [-0.3, -0.25) is 55.9 Å². The maximum atomic E-state index is 12.3. The fraction of sp³-hybridized carbons (Fsp3) is 0.0204. The summed E-state index contributed by atoms with van der Waals surface area (Å²) >= 11 is 8.01. The number of rotatable bonds is 8. The summed E-state index contributed by atoms with van der Waals surface area (Å²) in [6.07, 6.45) is 1.62. The summed E-state index contributed by atoms with van der Waals surface area (Å²) in [5.74, 6) is -4.21. The van der Waals surface area contributed by atoms with Crippen LogP contribution in [0.15, 0.2) is 156 Å². The summed E-state index contributed by atoms with van der Waals surface area (Å²) in [5, 5.41) is 12.2. The second-order valence-electron chi connectivity index (χ2n) is 14.4. The molecule has 0 saturated carbocycles. The maximum Gasteiger partial charge on any atom is 0.337 e. The number of carboxylic acid groups (broad SMARTS) is 1. The molecular weight excluding hydrogens is 1250 g/mol. The summed E-state index contributed by atoms with van der Waals surface area (Å²) in [5.41, 5.74) is 16.8. The molecule has 3 fully saturated rings. The van der Waals surface area contributed by atoms with Gasteiger partial charge >= 0.3 is 11.9 Å². The lowest BCUT2D eigenvalue weighted by Gasteiger charge is -2.14.